The molecule has 0 spiro atoms. The van der Waals surface area contributed by atoms with Gasteiger partial charge in [0.1, 0.15) is 35.7 Å². The number of fused-ring (bicyclic) bond motifs is 9. The molecule has 3 aliphatic heterocycles. The Kier molecular flexibility index (Phi) is 4.47. The maximum atomic E-state index is 6.13. The minimum Gasteiger partial charge on any atom is -0.456 e. The fourth-order valence-corrected chi connectivity index (χ4v) is 6.35. The smallest absolute Gasteiger partial charge is 0.135 e. The van der Waals surface area contributed by atoms with Crippen molar-refractivity contribution < 1.29 is 8.83 Å². The van der Waals surface area contributed by atoms with E-state index in [9.17, 15) is 0 Å². The van der Waals surface area contributed by atoms with Crippen LogP contribution in [0.1, 0.15) is 11.1 Å². The van der Waals surface area contributed by atoms with Gasteiger partial charge in [0, 0.05) is 47.0 Å². The highest BCUT2D eigenvalue weighted by atomic mass is 16.3. The zero-order valence-corrected chi connectivity index (χ0v) is 21.8. The van der Waals surface area contributed by atoms with Crippen molar-refractivity contribution >= 4 is 43.9 Å². The Hall–Kier alpha value is -5.10. The van der Waals surface area contributed by atoms with E-state index in [4.69, 9.17) is 8.83 Å². The molecule has 5 heterocycles. The standard InChI is InChI=1S/C34H26N4O2/c1-3-7-31-27(5-1)29-13-9-23(15-33(29)39-31)17-35-19-25-11-12-26-20-36(22-38(26)37(25)21-35)18-24-10-14-30-28-6-2-4-8-32(28)40-34(30)16-24/h1-16,19-20H,17-18,21-22H2. The van der Waals surface area contributed by atoms with E-state index in [0.717, 1.165) is 48.8 Å². The first kappa shape index (κ1) is 21.8. The highest BCUT2D eigenvalue weighted by Gasteiger charge is 2.33. The Morgan fingerprint density at radius 3 is 1.45 bits per heavy atom. The molecule has 0 aliphatic carbocycles. The minimum atomic E-state index is 0.813. The van der Waals surface area contributed by atoms with Crippen LogP contribution in [0.3, 0.4) is 0 Å². The number of allylic oxidation sites excluding steroid dienone is 2. The van der Waals surface area contributed by atoms with Gasteiger partial charge in [-0.25, -0.2) is 0 Å². The van der Waals surface area contributed by atoms with Gasteiger partial charge in [-0.1, -0.05) is 60.7 Å². The zero-order valence-electron chi connectivity index (χ0n) is 21.8. The van der Waals surface area contributed by atoms with E-state index in [1.807, 2.05) is 24.3 Å². The number of nitrogens with zero attached hydrogens (tertiary/aromatic N) is 4. The number of hydrazine groups is 1. The molecule has 3 aliphatic rings. The average Bonchev–Trinajstić information content (AvgIpc) is 3.74. The van der Waals surface area contributed by atoms with Gasteiger partial charge in [0.05, 0.1) is 11.4 Å². The molecule has 6 nitrogen and oxygen atoms in total. The molecular formula is C34H26N4O2. The summed E-state index contributed by atoms with van der Waals surface area (Å²) < 4.78 is 12.3. The molecule has 6 aromatic rings. The molecule has 9 rings (SSSR count). The van der Waals surface area contributed by atoms with Crippen LogP contribution in [-0.4, -0.2) is 33.2 Å². The van der Waals surface area contributed by atoms with Crippen molar-refractivity contribution in [1.82, 2.24) is 19.8 Å². The van der Waals surface area contributed by atoms with Crippen molar-refractivity contribution in [2.45, 2.75) is 13.1 Å². The monoisotopic (exact) mass is 522 g/mol. The van der Waals surface area contributed by atoms with Crippen LogP contribution in [0.4, 0.5) is 0 Å². The largest absolute Gasteiger partial charge is 0.456 e. The predicted molar refractivity (Wildman–Crippen MR) is 157 cm³/mol. The highest BCUT2D eigenvalue weighted by molar-refractivity contribution is 6.05. The lowest BCUT2D eigenvalue weighted by Gasteiger charge is -2.37. The molecule has 0 saturated heterocycles. The van der Waals surface area contributed by atoms with E-state index < -0.39 is 0 Å². The van der Waals surface area contributed by atoms with Crippen molar-refractivity contribution in [2.24, 2.45) is 0 Å². The van der Waals surface area contributed by atoms with Gasteiger partial charge >= 0.3 is 0 Å². The summed E-state index contributed by atoms with van der Waals surface area (Å²) in [6.45, 7) is 3.28. The Morgan fingerprint density at radius 2 is 0.950 bits per heavy atom. The molecule has 0 bridgehead atoms. The second kappa shape index (κ2) is 8.20. The molecule has 0 fully saturated rings. The lowest BCUT2D eigenvalue weighted by molar-refractivity contribution is 0.0144. The molecule has 0 N–H and O–H groups in total. The molecule has 6 heteroatoms. The first-order valence-electron chi connectivity index (χ1n) is 13.7. The number of hydrogen-bond donors (Lipinski definition) is 0. The van der Waals surface area contributed by atoms with Crippen LogP contribution in [0.25, 0.3) is 43.9 Å². The zero-order chi connectivity index (χ0) is 26.2. The van der Waals surface area contributed by atoms with Crippen molar-refractivity contribution in [2.75, 3.05) is 13.3 Å². The Morgan fingerprint density at radius 1 is 0.500 bits per heavy atom. The average molecular weight is 523 g/mol. The third-order valence-corrected chi connectivity index (χ3v) is 8.23. The summed E-state index contributed by atoms with van der Waals surface area (Å²) in [6, 6.07) is 29.7. The topological polar surface area (TPSA) is 39.2 Å². The molecule has 0 radical (unpaired) electrons. The predicted octanol–water partition coefficient (Wildman–Crippen LogP) is 7.50. The molecule has 0 unspecified atom stereocenters. The number of benzene rings is 4. The summed E-state index contributed by atoms with van der Waals surface area (Å²) >= 11 is 0. The van der Waals surface area contributed by atoms with E-state index in [0.29, 0.717) is 0 Å². The molecule has 0 amide bonds. The molecule has 194 valence electrons. The van der Waals surface area contributed by atoms with Crippen molar-refractivity contribution in [3.8, 4) is 0 Å². The first-order chi connectivity index (χ1) is 19.7. The second-order valence-electron chi connectivity index (χ2n) is 10.9. The quantitative estimate of drug-likeness (QED) is 0.239. The fraction of sp³-hybridized carbons (Fsp3) is 0.118. The summed E-state index contributed by atoms with van der Waals surface area (Å²) in [4.78, 5) is 4.73. The van der Waals surface area contributed by atoms with Crippen molar-refractivity contribution in [1.29, 1.82) is 0 Å². The van der Waals surface area contributed by atoms with Crippen molar-refractivity contribution in [3.63, 3.8) is 0 Å². The van der Waals surface area contributed by atoms with E-state index in [-0.39, 0.29) is 0 Å². The second-order valence-corrected chi connectivity index (χ2v) is 10.9. The molecule has 2 aromatic heterocycles. The van der Waals surface area contributed by atoms with Crippen LogP contribution in [0.2, 0.25) is 0 Å². The van der Waals surface area contributed by atoms with Gasteiger partial charge < -0.3 is 18.6 Å². The van der Waals surface area contributed by atoms with Gasteiger partial charge in [0.2, 0.25) is 0 Å². The SMILES string of the molecule is C1=CC2=CN(Cc3ccc4c(c3)oc3ccccc34)CN2N2CN(Cc3ccc4c(c3)oc3ccccc34)C=C12. The van der Waals surface area contributed by atoms with E-state index in [1.165, 1.54) is 44.1 Å². The van der Waals surface area contributed by atoms with Crippen molar-refractivity contribution in [3.05, 3.63) is 132 Å². The van der Waals surface area contributed by atoms with Gasteiger partial charge in [0.15, 0.2) is 0 Å². The maximum Gasteiger partial charge on any atom is 0.135 e. The third kappa shape index (κ3) is 3.35. The Labute approximate surface area is 230 Å². The summed E-state index contributed by atoms with van der Waals surface area (Å²) in [7, 11) is 0. The van der Waals surface area contributed by atoms with Crippen LogP contribution in [-0.2, 0) is 13.1 Å². The lowest BCUT2D eigenvalue weighted by atomic mass is 10.1. The number of rotatable bonds is 4. The van der Waals surface area contributed by atoms with Gasteiger partial charge in [-0.05, 0) is 47.5 Å². The normalized spacial score (nSPS) is 16.5. The summed E-state index contributed by atoms with van der Waals surface area (Å²) in [6.07, 6.45) is 8.95. The Bertz CT molecular complexity index is 1910. The third-order valence-electron chi connectivity index (χ3n) is 8.23. The summed E-state index contributed by atoms with van der Waals surface area (Å²) in [5.74, 6) is 0. The summed E-state index contributed by atoms with van der Waals surface area (Å²) in [5, 5.41) is 9.42. The molecule has 0 saturated carbocycles. The number of para-hydroxylation sites is 2. The van der Waals surface area contributed by atoms with Gasteiger partial charge in [-0.3, -0.25) is 10.0 Å². The van der Waals surface area contributed by atoms with Crippen LogP contribution < -0.4 is 0 Å². The Balaban J connectivity index is 0.912. The van der Waals surface area contributed by atoms with Gasteiger partial charge in [0.25, 0.3) is 0 Å². The van der Waals surface area contributed by atoms with Gasteiger partial charge in [-0.15, -0.1) is 0 Å². The highest BCUT2D eigenvalue weighted by Crippen LogP contribution is 2.35. The maximum absolute atomic E-state index is 6.13. The molecule has 40 heavy (non-hydrogen) atoms. The molecular weight excluding hydrogens is 496 g/mol. The first-order valence-corrected chi connectivity index (χ1v) is 13.7. The van der Waals surface area contributed by atoms with Crippen LogP contribution in [0.5, 0.6) is 0 Å². The van der Waals surface area contributed by atoms with E-state index in [1.54, 1.807) is 0 Å². The van der Waals surface area contributed by atoms with Crippen LogP contribution in [0.15, 0.2) is 130 Å². The number of furan rings is 2. The van der Waals surface area contributed by atoms with Crippen LogP contribution in [0, 0.1) is 0 Å². The van der Waals surface area contributed by atoms with Gasteiger partial charge in [-0.2, -0.15) is 0 Å². The fourth-order valence-electron chi connectivity index (χ4n) is 6.35. The van der Waals surface area contributed by atoms with E-state index in [2.05, 4.69) is 105 Å². The molecule has 0 atom stereocenters. The number of hydrogen-bond acceptors (Lipinski definition) is 6. The summed E-state index contributed by atoms with van der Waals surface area (Å²) in [5.41, 5.74) is 8.69. The van der Waals surface area contributed by atoms with Crippen LogP contribution >= 0.6 is 0 Å². The van der Waals surface area contributed by atoms with E-state index >= 15 is 0 Å². The minimum absolute atomic E-state index is 0.813. The molecule has 4 aromatic carbocycles. The lowest BCUT2D eigenvalue weighted by Crippen LogP contribution is -2.43.